The number of allylic oxidation sites excluding steroid dienone is 2. The molecule has 0 aromatic rings. The van der Waals surface area contributed by atoms with Crippen molar-refractivity contribution >= 4 is 6.29 Å². The molecule has 2 saturated carbocycles. The molecule has 1 nitrogen and oxygen atoms in total. The zero-order chi connectivity index (χ0) is 12.8. The third kappa shape index (κ3) is 3.70. The Hall–Kier alpha value is -0.590. The average Bonchev–Trinajstić information content (AvgIpc) is 2.46. The summed E-state index contributed by atoms with van der Waals surface area (Å²) in [6.45, 7) is 2.34. The molecule has 2 aliphatic rings. The van der Waals surface area contributed by atoms with Crippen molar-refractivity contribution in [2.45, 2.75) is 64.7 Å². The number of hydrogen-bond donors (Lipinski definition) is 0. The summed E-state index contributed by atoms with van der Waals surface area (Å²) in [7, 11) is 0. The summed E-state index contributed by atoms with van der Waals surface area (Å²) in [5.74, 6) is 3.71. The zero-order valence-electron chi connectivity index (χ0n) is 11.8. The van der Waals surface area contributed by atoms with Crippen LogP contribution in [0.5, 0.6) is 0 Å². The molecule has 0 heterocycles. The lowest BCUT2D eigenvalue weighted by Crippen LogP contribution is -2.25. The maximum atomic E-state index is 10.3. The van der Waals surface area contributed by atoms with Crippen LogP contribution in [0.4, 0.5) is 0 Å². The van der Waals surface area contributed by atoms with Crippen LogP contribution >= 0.6 is 0 Å². The van der Waals surface area contributed by atoms with E-state index >= 15 is 0 Å². The van der Waals surface area contributed by atoms with E-state index in [1.807, 2.05) is 0 Å². The first-order valence-corrected chi connectivity index (χ1v) is 7.95. The molecule has 0 unspecified atom stereocenters. The van der Waals surface area contributed by atoms with Crippen molar-refractivity contribution in [3.63, 3.8) is 0 Å². The van der Waals surface area contributed by atoms with Crippen LogP contribution in [0.1, 0.15) is 64.7 Å². The molecule has 0 atom stereocenters. The van der Waals surface area contributed by atoms with E-state index in [9.17, 15) is 4.79 Å². The van der Waals surface area contributed by atoms with Crippen molar-refractivity contribution in [3.8, 4) is 0 Å². The SMILES string of the molecule is CCC1CCC(C2CCC(/C=C/C=O)CC2)CC1. The maximum Gasteiger partial charge on any atom is 0.142 e. The topological polar surface area (TPSA) is 17.1 Å². The van der Waals surface area contributed by atoms with Crippen LogP contribution < -0.4 is 0 Å². The molecule has 0 aliphatic heterocycles. The summed E-state index contributed by atoms with van der Waals surface area (Å²) in [5.41, 5.74) is 0. The second-order valence-corrected chi connectivity index (χ2v) is 6.38. The number of carbonyl (C=O) groups is 1. The molecule has 2 rings (SSSR count). The van der Waals surface area contributed by atoms with Crippen LogP contribution in [0.15, 0.2) is 12.2 Å². The van der Waals surface area contributed by atoms with Gasteiger partial charge in [0.1, 0.15) is 6.29 Å². The fourth-order valence-corrected chi connectivity index (χ4v) is 4.08. The van der Waals surface area contributed by atoms with Gasteiger partial charge in [0, 0.05) is 0 Å². The van der Waals surface area contributed by atoms with Gasteiger partial charge in [0.05, 0.1) is 0 Å². The van der Waals surface area contributed by atoms with Crippen LogP contribution in [-0.2, 0) is 4.79 Å². The standard InChI is InChI=1S/C17H28O/c1-2-14-5-9-16(10-6-14)17-11-7-15(8-12-17)4-3-13-18/h3-4,13-17H,2,5-12H2,1H3/b4-3+. The highest BCUT2D eigenvalue weighted by Crippen LogP contribution is 2.42. The molecule has 0 amide bonds. The highest BCUT2D eigenvalue weighted by Gasteiger charge is 2.29. The van der Waals surface area contributed by atoms with Gasteiger partial charge in [-0.25, -0.2) is 0 Å². The van der Waals surface area contributed by atoms with Gasteiger partial charge in [-0.3, -0.25) is 4.79 Å². The smallest absolute Gasteiger partial charge is 0.142 e. The van der Waals surface area contributed by atoms with Gasteiger partial charge in [0.2, 0.25) is 0 Å². The van der Waals surface area contributed by atoms with Crippen molar-refractivity contribution < 1.29 is 4.79 Å². The Labute approximate surface area is 112 Å². The van der Waals surface area contributed by atoms with Gasteiger partial charge in [0.25, 0.3) is 0 Å². The first-order valence-electron chi connectivity index (χ1n) is 7.95. The van der Waals surface area contributed by atoms with Gasteiger partial charge in [-0.05, 0) is 68.3 Å². The van der Waals surface area contributed by atoms with E-state index in [4.69, 9.17) is 0 Å². The van der Waals surface area contributed by atoms with Crippen LogP contribution in [0, 0.1) is 23.7 Å². The summed E-state index contributed by atoms with van der Waals surface area (Å²) in [4.78, 5) is 10.3. The fourth-order valence-electron chi connectivity index (χ4n) is 4.08. The minimum Gasteiger partial charge on any atom is -0.299 e. The van der Waals surface area contributed by atoms with Gasteiger partial charge in [-0.2, -0.15) is 0 Å². The van der Waals surface area contributed by atoms with Gasteiger partial charge >= 0.3 is 0 Å². The Morgan fingerprint density at radius 1 is 0.889 bits per heavy atom. The summed E-state index contributed by atoms with van der Waals surface area (Å²) < 4.78 is 0. The molecule has 0 bridgehead atoms. The first kappa shape index (κ1) is 13.8. The number of rotatable bonds is 4. The van der Waals surface area contributed by atoms with E-state index in [2.05, 4.69) is 13.0 Å². The minimum atomic E-state index is 0.679. The number of hydrogen-bond acceptors (Lipinski definition) is 1. The number of aldehydes is 1. The van der Waals surface area contributed by atoms with Crippen molar-refractivity contribution in [2.75, 3.05) is 0 Å². The molecule has 0 N–H and O–H groups in total. The Balaban J connectivity index is 1.73. The molecule has 0 saturated heterocycles. The summed E-state index contributed by atoms with van der Waals surface area (Å²) in [6.07, 6.45) is 17.5. The van der Waals surface area contributed by atoms with E-state index in [0.29, 0.717) is 5.92 Å². The minimum absolute atomic E-state index is 0.679. The van der Waals surface area contributed by atoms with E-state index in [0.717, 1.165) is 24.0 Å². The van der Waals surface area contributed by atoms with Crippen molar-refractivity contribution in [2.24, 2.45) is 23.7 Å². The third-order valence-electron chi connectivity index (χ3n) is 5.41. The maximum absolute atomic E-state index is 10.3. The van der Waals surface area contributed by atoms with Crippen molar-refractivity contribution in [1.82, 2.24) is 0 Å². The molecule has 0 aromatic heterocycles. The van der Waals surface area contributed by atoms with Gasteiger partial charge in [-0.1, -0.05) is 32.3 Å². The van der Waals surface area contributed by atoms with Crippen LogP contribution in [-0.4, -0.2) is 6.29 Å². The molecule has 2 aliphatic carbocycles. The lowest BCUT2D eigenvalue weighted by atomic mass is 9.69. The molecule has 18 heavy (non-hydrogen) atoms. The molecule has 0 radical (unpaired) electrons. The zero-order valence-corrected chi connectivity index (χ0v) is 11.8. The number of carbonyl (C=O) groups excluding carboxylic acids is 1. The van der Waals surface area contributed by atoms with Crippen LogP contribution in [0.25, 0.3) is 0 Å². The highest BCUT2D eigenvalue weighted by atomic mass is 16.1. The predicted molar refractivity (Wildman–Crippen MR) is 76.4 cm³/mol. The Bertz CT molecular complexity index is 265. The average molecular weight is 248 g/mol. The lowest BCUT2D eigenvalue weighted by molar-refractivity contribution is -0.104. The van der Waals surface area contributed by atoms with E-state index in [-0.39, 0.29) is 0 Å². The Morgan fingerprint density at radius 2 is 1.44 bits per heavy atom. The molecular formula is C17H28O. The Morgan fingerprint density at radius 3 is 1.94 bits per heavy atom. The van der Waals surface area contributed by atoms with Gasteiger partial charge < -0.3 is 0 Å². The molecule has 1 heteroatoms. The van der Waals surface area contributed by atoms with E-state index < -0.39 is 0 Å². The van der Waals surface area contributed by atoms with Crippen LogP contribution in [0.3, 0.4) is 0 Å². The molecule has 0 spiro atoms. The Kier molecular flexibility index (Phi) is 5.46. The monoisotopic (exact) mass is 248 g/mol. The van der Waals surface area contributed by atoms with Gasteiger partial charge in [0.15, 0.2) is 0 Å². The lowest BCUT2D eigenvalue weighted by Gasteiger charge is -2.37. The molecule has 2 fully saturated rings. The first-order chi connectivity index (χ1) is 8.83. The second kappa shape index (κ2) is 7.11. The quantitative estimate of drug-likeness (QED) is 0.517. The van der Waals surface area contributed by atoms with Crippen LogP contribution in [0.2, 0.25) is 0 Å². The normalized spacial score (nSPS) is 37.8. The van der Waals surface area contributed by atoms with E-state index in [1.165, 1.54) is 57.8 Å². The largest absolute Gasteiger partial charge is 0.299 e. The predicted octanol–water partition coefficient (Wildman–Crippen LogP) is 4.76. The second-order valence-electron chi connectivity index (χ2n) is 6.38. The molecular weight excluding hydrogens is 220 g/mol. The third-order valence-corrected chi connectivity index (χ3v) is 5.41. The molecule has 0 aromatic carbocycles. The van der Waals surface area contributed by atoms with Crippen molar-refractivity contribution in [3.05, 3.63) is 12.2 Å². The highest BCUT2D eigenvalue weighted by molar-refractivity contribution is 5.64. The van der Waals surface area contributed by atoms with E-state index in [1.54, 1.807) is 6.08 Å². The van der Waals surface area contributed by atoms with Crippen molar-refractivity contribution in [1.29, 1.82) is 0 Å². The summed E-state index contributed by atoms with van der Waals surface area (Å²) in [6, 6.07) is 0. The summed E-state index contributed by atoms with van der Waals surface area (Å²) >= 11 is 0. The fraction of sp³-hybridized carbons (Fsp3) is 0.824. The summed E-state index contributed by atoms with van der Waals surface area (Å²) in [5, 5.41) is 0. The van der Waals surface area contributed by atoms with Gasteiger partial charge in [-0.15, -0.1) is 0 Å². The molecule has 102 valence electrons.